The van der Waals surface area contributed by atoms with E-state index in [1.54, 1.807) is 6.92 Å². The summed E-state index contributed by atoms with van der Waals surface area (Å²) < 4.78 is 18.4. The SMILES string of the molecule is Cc1cc2c(cc1F)C(O)CC(C(=O)O)O2. The third-order valence-corrected chi connectivity index (χ3v) is 2.63. The summed E-state index contributed by atoms with van der Waals surface area (Å²) in [6, 6.07) is 2.59. The van der Waals surface area contributed by atoms with Crippen LogP contribution in [0.2, 0.25) is 0 Å². The van der Waals surface area contributed by atoms with Gasteiger partial charge in [-0.3, -0.25) is 0 Å². The summed E-state index contributed by atoms with van der Waals surface area (Å²) in [7, 11) is 0. The van der Waals surface area contributed by atoms with Crippen molar-refractivity contribution >= 4 is 5.97 Å². The van der Waals surface area contributed by atoms with Crippen LogP contribution in [0.4, 0.5) is 4.39 Å². The number of halogens is 1. The molecule has 1 aromatic rings. The molecule has 0 saturated heterocycles. The van der Waals surface area contributed by atoms with E-state index in [9.17, 15) is 14.3 Å². The summed E-state index contributed by atoms with van der Waals surface area (Å²) >= 11 is 0. The molecule has 0 radical (unpaired) electrons. The minimum atomic E-state index is -1.13. The molecule has 1 heterocycles. The Morgan fingerprint density at radius 2 is 2.25 bits per heavy atom. The Balaban J connectivity index is 2.42. The van der Waals surface area contributed by atoms with Crippen LogP contribution in [-0.4, -0.2) is 22.3 Å². The van der Waals surface area contributed by atoms with E-state index in [1.807, 2.05) is 0 Å². The summed E-state index contributed by atoms with van der Waals surface area (Å²) in [5.74, 6) is -1.33. The van der Waals surface area contributed by atoms with Crippen molar-refractivity contribution in [1.82, 2.24) is 0 Å². The molecule has 16 heavy (non-hydrogen) atoms. The molecule has 1 aliphatic heterocycles. The van der Waals surface area contributed by atoms with Crippen molar-refractivity contribution in [3.63, 3.8) is 0 Å². The standard InChI is InChI=1S/C11H11FO4/c1-5-2-9-6(3-7(5)12)8(13)4-10(16-9)11(14)15/h2-3,8,10,13H,4H2,1H3,(H,14,15). The van der Waals surface area contributed by atoms with Crippen molar-refractivity contribution in [2.24, 2.45) is 0 Å². The maximum absolute atomic E-state index is 13.3. The first kappa shape index (κ1) is 10.9. The Morgan fingerprint density at radius 1 is 1.56 bits per heavy atom. The lowest BCUT2D eigenvalue weighted by molar-refractivity contribution is -0.147. The number of hydrogen-bond donors (Lipinski definition) is 2. The molecule has 0 bridgehead atoms. The van der Waals surface area contributed by atoms with E-state index >= 15 is 0 Å². The van der Waals surface area contributed by atoms with E-state index in [2.05, 4.69) is 0 Å². The molecule has 2 N–H and O–H groups in total. The lowest BCUT2D eigenvalue weighted by Crippen LogP contribution is -2.33. The Kier molecular flexibility index (Phi) is 2.55. The Morgan fingerprint density at radius 3 is 2.88 bits per heavy atom. The van der Waals surface area contributed by atoms with E-state index < -0.39 is 24.0 Å². The van der Waals surface area contributed by atoms with Crippen molar-refractivity contribution < 1.29 is 24.1 Å². The zero-order valence-electron chi connectivity index (χ0n) is 8.61. The number of carboxylic acid groups (broad SMARTS) is 1. The van der Waals surface area contributed by atoms with Gasteiger partial charge in [0.15, 0.2) is 6.10 Å². The highest BCUT2D eigenvalue weighted by Gasteiger charge is 2.32. The van der Waals surface area contributed by atoms with Gasteiger partial charge in [-0.1, -0.05) is 0 Å². The van der Waals surface area contributed by atoms with E-state index in [4.69, 9.17) is 9.84 Å². The number of hydrogen-bond acceptors (Lipinski definition) is 3. The molecule has 86 valence electrons. The summed E-state index contributed by atoms with van der Waals surface area (Å²) in [5.41, 5.74) is 0.664. The average Bonchev–Trinajstić information content (AvgIpc) is 2.20. The van der Waals surface area contributed by atoms with Crippen LogP contribution in [-0.2, 0) is 4.79 Å². The summed E-state index contributed by atoms with van der Waals surface area (Å²) in [4.78, 5) is 10.8. The molecule has 0 saturated carbocycles. The molecular formula is C11H11FO4. The zero-order valence-corrected chi connectivity index (χ0v) is 8.61. The van der Waals surface area contributed by atoms with Gasteiger partial charge in [0.2, 0.25) is 0 Å². The number of aliphatic hydroxyl groups excluding tert-OH is 1. The first-order chi connectivity index (χ1) is 7.49. The van der Waals surface area contributed by atoms with Gasteiger partial charge in [0.05, 0.1) is 6.10 Å². The quantitative estimate of drug-likeness (QED) is 0.759. The van der Waals surface area contributed by atoms with Crippen molar-refractivity contribution in [3.05, 3.63) is 29.1 Å². The largest absolute Gasteiger partial charge is 0.479 e. The summed E-state index contributed by atoms with van der Waals surface area (Å²) in [6.07, 6.45) is -2.14. The van der Waals surface area contributed by atoms with Gasteiger partial charge in [0.25, 0.3) is 0 Å². The predicted octanol–water partition coefficient (Wildman–Crippen LogP) is 1.40. The van der Waals surface area contributed by atoms with Crippen LogP contribution in [0, 0.1) is 12.7 Å². The van der Waals surface area contributed by atoms with Gasteiger partial charge in [0, 0.05) is 12.0 Å². The third kappa shape index (κ3) is 1.74. The fourth-order valence-electron chi connectivity index (χ4n) is 1.72. The van der Waals surface area contributed by atoms with Gasteiger partial charge in [-0.25, -0.2) is 9.18 Å². The van der Waals surface area contributed by atoms with Crippen molar-refractivity contribution in [2.75, 3.05) is 0 Å². The first-order valence-corrected chi connectivity index (χ1v) is 4.86. The molecule has 0 amide bonds. The number of carboxylic acids is 1. The summed E-state index contributed by atoms with van der Waals surface area (Å²) in [6.45, 7) is 1.55. The molecule has 5 heteroatoms. The van der Waals surface area contributed by atoms with Crippen molar-refractivity contribution in [3.8, 4) is 5.75 Å². The number of rotatable bonds is 1. The van der Waals surface area contributed by atoms with Crippen LogP contribution in [0.15, 0.2) is 12.1 Å². The van der Waals surface area contributed by atoms with Gasteiger partial charge in [0.1, 0.15) is 11.6 Å². The molecule has 1 aromatic carbocycles. The predicted molar refractivity (Wildman–Crippen MR) is 52.8 cm³/mol. The number of ether oxygens (including phenoxy) is 1. The number of carbonyl (C=O) groups is 1. The minimum Gasteiger partial charge on any atom is -0.479 e. The maximum Gasteiger partial charge on any atom is 0.345 e. The van der Waals surface area contributed by atoms with Gasteiger partial charge in [-0.05, 0) is 24.6 Å². The molecular weight excluding hydrogens is 215 g/mol. The van der Waals surface area contributed by atoms with E-state index in [1.165, 1.54) is 12.1 Å². The maximum atomic E-state index is 13.3. The van der Waals surface area contributed by atoms with E-state index in [-0.39, 0.29) is 12.2 Å². The van der Waals surface area contributed by atoms with Gasteiger partial charge in [-0.2, -0.15) is 0 Å². The molecule has 0 aromatic heterocycles. The molecule has 0 fully saturated rings. The Labute approximate surface area is 91.3 Å². The van der Waals surface area contributed by atoms with E-state index in [0.29, 0.717) is 11.1 Å². The molecule has 2 rings (SSSR count). The highest BCUT2D eigenvalue weighted by molar-refractivity contribution is 5.73. The van der Waals surface area contributed by atoms with Gasteiger partial charge in [-0.15, -0.1) is 0 Å². The van der Waals surface area contributed by atoms with Crippen molar-refractivity contribution in [2.45, 2.75) is 25.6 Å². The number of aliphatic carboxylic acids is 1. The van der Waals surface area contributed by atoms with E-state index in [0.717, 1.165) is 0 Å². The highest BCUT2D eigenvalue weighted by atomic mass is 19.1. The molecule has 1 aliphatic rings. The molecule has 0 spiro atoms. The smallest absolute Gasteiger partial charge is 0.345 e. The second kappa shape index (κ2) is 3.75. The van der Waals surface area contributed by atoms with Crippen LogP contribution in [0.3, 0.4) is 0 Å². The van der Waals surface area contributed by atoms with Crippen LogP contribution in [0.5, 0.6) is 5.75 Å². The third-order valence-electron chi connectivity index (χ3n) is 2.63. The van der Waals surface area contributed by atoms with Crippen LogP contribution in [0.1, 0.15) is 23.7 Å². The molecule has 2 atom stereocenters. The second-order valence-electron chi connectivity index (χ2n) is 3.84. The van der Waals surface area contributed by atoms with Crippen LogP contribution >= 0.6 is 0 Å². The minimum absolute atomic E-state index is 0.0646. The second-order valence-corrected chi connectivity index (χ2v) is 3.84. The molecule has 2 unspecified atom stereocenters. The number of aryl methyl sites for hydroxylation is 1. The lowest BCUT2D eigenvalue weighted by Gasteiger charge is -2.27. The molecule has 4 nitrogen and oxygen atoms in total. The zero-order chi connectivity index (χ0) is 11.9. The average molecular weight is 226 g/mol. The fraction of sp³-hybridized carbons (Fsp3) is 0.364. The number of aliphatic hydroxyl groups is 1. The molecule has 0 aliphatic carbocycles. The monoisotopic (exact) mass is 226 g/mol. The van der Waals surface area contributed by atoms with Gasteiger partial charge >= 0.3 is 5.97 Å². The number of fused-ring (bicyclic) bond motifs is 1. The highest BCUT2D eigenvalue weighted by Crippen LogP contribution is 2.36. The fourth-order valence-corrected chi connectivity index (χ4v) is 1.72. The van der Waals surface area contributed by atoms with Crippen molar-refractivity contribution in [1.29, 1.82) is 0 Å². The Bertz CT molecular complexity index is 444. The van der Waals surface area contributed by atoms with Crippen LogP contribution < -0.4 is 4.74 Å². The van der Waals surface area contributed by atoms with Crippen LogP contribution in [0.25, 0.3) is 0 Å². The normalized spacial score (nSPS) is 23.4. The first-order valence-electron chi connectivity index (χ1n) is 4.86. The Hall–Kier alpha value is -1.62. The topological polar surface area (TPSA) is 66.8 Å². The summed E-state index contributed by atoms with van der Waals surface area (Å²) in [5, 5.41) is 18.5. The lowest BCUT2D eigenvalue weighted by atomic mass is 9.97. The van der Waals surface area contributed by atoms with Gasteiger partial charge < -0.3 is 14.9 Å². The number of benzene rings is 1.